The Balaban J connectivity index is 1.28. The maximum atomic E-state index is 14.5. The van der Waals surface area contributed by atoms with E-state index >= 15 is 0 Å². The van der Waals surface area contributed by atoms with E-state index in [1.807, 2.05) is 54.6 Å². The molecule has 1 aliphatic heterocycles. The first-order chi connectivity index (χ1) is 21.2. The van der Waals surface area contributed by atoms with Crippen molar-refractivity contribution in [1.82, 2.24) is 4.90 Å². The van der Waals surface area contributed by atoms with Crippen LogP contribution < -0.4 is 0 Å². The van der Waals surface area contributed by atoms with Gasteiger partial charge in [0.05, 0.1) is 11.8 Å². The normalized spacial score (nSPS) is 25.2. The molecule has 0 radical (unpaired) electrons. The number of nitrogens with zero attached hydrogens (tertiary/aromatic N) is 1. The Hall–Kier alpha value is -3.97. The van der Waals surface area contributed by atoms with Crippen LogP contribution in [0.25, 0.3) is 0 Å². The zero-order valence-electron chi connectivity index (χ0n) is 23.1. The van der Waals surface area contributed by atoms with E-state index < -0.39 is 57.8 Å². The van der Waals surface area contributed by atoms with Crippen LogP contribution in [0.5, 0.6) is 0 Å². The molecule has 220 valence electrons. The molecule has 3 atom stereocenters. The molecule has 4 aliphatic rings. The van der Waals surface area contributed by atoms with Crippen LogP contribution in [0.2, 0.25) is 5.02 Å². The molecule has 2 amide bonds. The summed E-state index contributed by atoms with van der Waals surface area (Å²) in [6, 6.07) is 28.5. The third kappa shape index (κ3) is 4.08. The first-order valence-corrected chi connectivity index (χ1v) is 15.2. The Morgan fingerprint density at radius 1 is 0.705 bits per heavy atom. The zero-order valence-corrected chi connectivity index (χ0v) is 25.4. The van der Waals surface area contributed by atoms with Crippen LogP contribution in [0.3, 0.4) is 0 Å². The molecular formula is C35H24Cl3NO5. The number of amides is 2. The van der Waals surface area contributed by atoms with Crippen LogP contribution in [0.15, 0.2) is 103 Å². The maximum Gasteiger partial charge on any atom is 0.330 e. The molecule has 0 aromatic heterocycles. The van der Waals surface area contributed by atoms with Gasteiger partial charge in [-0.3, -0.25) is 19.3 Å². The number of alkyl halides is 2. The van der Waals surface area contributed by atoms with E-state index in [1.165, 1.54) is 12.1 Å². The van der Waals surface area contributed by atoms with Gasteiger partial charge >= 0.3 is 5.97 Å². The van der Waals surface area contributed by atoms with Gasteiger partial charge in [-0.2, -0.15) is 0 Å². The van der Waals surface area contributed by atoms with Gasteiger partial charge in [0.1, 0.15) is 15.8 Å². The highest BCUT2D eigenvalue weighted by molar-refractivity contribution is 6.36. The number of Topliss-reactive ketones (excluding diaryl/α,β-unsaturated/α-hetero) is 1. The number of hydrogen-bond acceptors (Lipinski definition) is 5. The van der Waals surface area contributed by atoms with E-state index in [2.05, 4.69) is 0 Å². The minimum Gasteiger partial charge on any atom is -0.456 e. The summed E-state index contributed by atoms with van der Waals surface area (Å²) in [5, 5.41) is 0.460. The first kappa shape index (κ1) is 28.8. The average molecular weight is 645 g/mol. The van der Waals surface area contributed by atoms with Crippen molar-refractivity contribution in [3.8, 4) is 0 Å². The number of carbonyl (C=O) groups excluding carboxylic acids is 4. The van der Waals surface area contributed by atoms with Crippen LogP contribution in [-0.4, -0.2) is 41.1 Å². The quantitative estimate of drug-likeness (QED) is 0.103. The van der Waals surface area contributed by atoms with Crippen molar-refractivity contribution in [1.29, 1.82) is 0 Å². The Kier molecular flexibility index (Phi) is 6.92. The van der Waals surface area contributed by atoms with Crippen LogP contribution in [0, 0.1) is 11.8 Å². The van der Waals surface area contributed by atoms with Gasteiger partial charge in [0.2, 0.25) is 11.8 Å². The number of ether oxygens (including phenoxy) is 1. The molecule has 0 N–H and O–H groups in total. The Morgan fingerprint density at radius 2 is 1.16 bits per heavy atom. The predicted octanol–water partition coefficient (Wildman–Crippen LogP) is 6.27. The number of esters is 1. The fourth-order valence-electron chi connectivity index (χ4n) is 7.07. The number of likely N-dealkylation sites (tertiary alicyclic amines) is 1. The molecule has 4 aromatic rings. The van der Waals surface area contributed by atoms with Gasteiger partial charge in [-0.25, -0.2) is 4.79 Å². The Bertz CT molecular complexity index is 1720. The average Bonchev–Trinajstić information content (AvgIpc) is 3.32. The standard InChI is InChI=1S/C35H24Cl3NO5/c36-22-16-14-21(15-17-22)28(40)19-44-33(43)27(18-20-8-2-1-3-9-20)39-31(41)29-30(32(39)42)35(38)24-11-5-4-10-23(24)34(29,37)25-12-6-7-13-26(25)35/h1-17,27,29-30H,18-19H2/t27-,29-,30+,34?,35?/m1/s1. The summed E-state index contributed by atoms with van der Waals surface area (Å²) in [6.07, 6.45) is -0.0177. The molecule has 1 saturated heterocycles. The van der Waals surface area contributed by atoms with E-state index in [0.29, 0.717) is 38.4 Å². The van der Waals surface area contributed by atoms with Gasteiger partial charge in [-0.05, 0) is 52.1 Å². The maximum absolute atomic E-state index is 14.5. The summed E-state index contributed by atoms with van der Waals surface area (Å²) in [5.41, 5.74) is 3.66. The molecule has 8 rings (SSSR count). The minimum atomic E-state index is -1.39. The van der Waals surface area contributed by atoms with Gasteiger partial charge in [-0.1, -0.05) is 90.5 Å². The lowest BCUT2D eigenvalue weighted by Crippen LogP contribution is -2.57. The van der Waals surface area contributed by atoms with Crippen molar-refractivity contribution in [2.75, 3.05) is 6.61 Å². The number of imide groups is 1. The van der Waals surface area contributed by atoms with E-state index in [0.717, 1.165) is 4.90 Å². The lowest BCUT2D eigenvalue weighted by atomic mass is 9.54. The van der Waals surface area contributed by atoms with Gasteiger partial charge < -0.3 is 4.74 Å². The molecular weight excluding hydrogens is 621 g/mol. The van der Waals surface area contributed by atoms with Crippen molar-refractivity contribution >= 4 is 58.4 Å². The molecule has 4 aromatic carbocycles. The molecule has 2 bridgehead atoms. The SMILES string of the molecule is O=C(COC(=O)[C@@H](Cc1ccccc1)N1C(=O)[C@@H]2[C@H](C1=O)C1(Cl)c3ccccc3C2(Cl)c2ccccc21)c1ccc(Cl)cc1. The van der Waals surface area contributed by atoms with Gasteiger partial charge in [0, 0.05) is 17.0 Å². The molecule has 0 saturated carbocycles. The van der Waals surface area contributed by atoms with E-state index in [4.69, 9.17) is 39.5 Å². The molecule has 1 heterocycles. The summed E-state index contributed by atoms with van der Waals surface area (Å²) in [4.78, 5) is 53.8. The number of halogens is 3. The monoisotopic (exact) mass is 643 g/mol. The van der Waals surface area contributed by atoms with Crippen molar-refractivity contribution in [2.24, 2.45) is 11.8 Å². The summed E-state index contributed by atoms with van der Waals surface area (Å²) < 4.78 is 5.49. The van der Waals surface area contributed by atoms with Gasteiger partial charge in [0.25, 0.3) is 0 Å². The molecule has 1 fully saturated rings. The van der Waals surface area contributed by atoms with Crippen LogP contribution in [0.4, 0.5) is 0 Å². The zero-order chi connectivity index (χ0) is 30.8. The van der Waals surface area contributed by atoms with Crippen LogP contribution in [0.1, 0.15) is 38.2 Å². The Labute approximate surface area is 268 Å². The highest BCUT2D eigenvalue weighted by atomic mass is 35.5. The van der Waals surface area contributed by atoms with E-state index in [-0.39, 0.29) is 6.42 Å². The molecule has 9 heteroatoms. The van der Waals surface area contributed by atoms with Crippen molar-refractivity contribution in [3.05, 3.63) is 142 Å². The molecule has 44 heavy (non-hydrogen) atoms. The number of hydrogen-bond donors (Lipinski definition) is 0. The van der Waals surface area contributed by atoms with Crippen LogP contribution in [-0.2, 0) is 35.3 Å². The summed E-state index contributed by atoms with van der Waals surface area (Å²) in [7, 11) is 0. The highest BCUT2D eigenvalue weighted by Gasteiger charge is 2.73. The van der Waals surface area contributed by atoms with Crippen molar-refractivity contribution in [2.45, 2.75) is 22.2 Å². The Morgan fingerprint density at radius 3 is 1.64 bits per heavy atom. The van der Waals surface area contributed by atoms with E-state index in [1.54, 1.807) is 36.4 Å². The van der Waals surface area contributed by atoms with Crippen molar-refractivity contribution < 1.29 is 23.9 Å². The predicted molar refractivity (Wildman–Crippen MR) is 166 cm³/mol. The largest absolute Gasteiger partial charge is 0.456 e. The fourth-order valence-corrected chi connectivity index (χ4v) is 8.29. The fraction of sp³-hybridized carbons (Fsp3) is 0.200. The highest BCUT2D eigenvalue weighted by Crippen LogP contribution is 2.69. The van der Waals surface area contributed by atoms with Crippen molar-refractivity contribution in [3.63, 3.8) is 0 Å². The second-order valence-corrected chi connectivity index (χ2v) is 12.9. The molecule has 6 nitrogen and oxygen atoms in total. The number of rotatable bonds is 7. The third-order valence-electron chi connectivity index (χ3n) is 8.99. The summed E-state index contributed by atoms with van der Waals surface area (Å²) >= 11 is 21.0. The number of carbonyl (C=O) groups is 4. The topological polar surface area (TPSA) is 80.8 Å². The minimum absolute atomic E-state index is 0.0177. The number of ketones is 1. The van der Waals surface area contributed by atoms with Crippen LogP contribution >= 0.6 is 34.8 Å². The second-order valence-electron chi connectivity index (χ2n) is 11.3. The lowest BCUT2D eigenvalue weighted by molar-refractivity contribution is -0.158. The van der Waals surface area contributed by atoms with Gasteiger partial charge in [-0.15, -0.1) is 23.2 Å². The lowest BCUT2D eigenvalue weighted by Gasteiger charge is -2.54. The summed E-state index contributed by atoms with van der Waals surface area (Å²) in [6.45, 7) is -0.579. The van der Waals surface area contributed by atoms with E-state index in [9.17, 15) is 19.2 Å². The summed E-state index contributed by atoms with van der Waals surface area (Å²) in [5.74, 6) is -4.69. The molecule has 3 aliphatic carbocycles. The van der Waals surface area contributed by atoms with Gasteiger partial charge in [0.15, 0.2) is 12.4 Å². The second kappa shape index (κ2) is 10.6. The molecule has 0 unspecified atom stereocenters. The number of benzene rings is 4. The third-order valence-corrected chi connectivity index (χ3v) is 10.5. The first-order valence-electron chi connectivity index (χ1n) is 14.1. The molecule has 0 spiro atoms. The smallest absolute Gasteiger partial charge is 0.330 e.